The van der Waals surface area contributed by atoms with E-state index in [1.165, 1.54) is 0 Å². The number of hydrogen-bond acceptors (Lipinski definition) is 4. The average molecular weight is 345 g/mol. The number of likely N-dealkylation sites (tertiary alicyclic amines) is 1. The zero-order chi connectivity index (χ0) is 17.6. The number of hydrogen-bond donors (Lipinski definition) is 1. The van der Waals surface area contributed by atoms with Gasteiger partial charge in [0.2, 0.25) is 11.8 Å². The Morgan fingerprint density at radius 2 is 2.00 bits per heavy atom. The minimum Gasteiger partial charge on any atom is -0.379 e. The minimum atomic E-state index is -0.0753. The Morgan fingerprint density at radius 3 is 2.76 bits per heavy atom. The van der Waals surface area contributed by atoms with Gasteiger partial charge in [-0.1, -0.05) is 24.3 Å². The van der Waals surface area contributed by atoms with Crippen LogP contribution in [0.4, 0.5) is 0 Å². The molecule has 0 bridgehead atoms. The monoisotopic (exact) mass is 345 g/mol. The van der Waals surface area contributed by atoms with Crippen molar-refractivity contribution in [3.8, 4) is 0 Å². The molecule has 2 saturated heterocycles. The lowest BCUT2D eigenvalue weighted by Crippen LogP contribution is -2.43. The number of nitrogens with zero attached hydrogens (tertiary/aromatic N) is 2. The third-order valence-electron chi connectivity index (χ3n) is 4.98. The second-order valence-electron chi connectivity index (χ2n) is 6.87. The average Bonchev–Trinajstić information content (AvgIpc) is 2.95. The molecule has 0 unspecified atom stereocenters. The molecule has 0 aromatic heterocycles. The van der Waals surface area contributed by atoms with E-state index in [9.17, 15) is 9.59 Å². The summed E-state index contributed by atoms with van der Waals surface area (Å²) in [5.74, 6) is 0.122. The first-order chi connectivity index (χ1) is 12.1. The molecule has 2 fully saturated rings. The Labute approximate surface area is 149 Å². The van der Waals surface area contributed by atoms with E-state index in [0.29, 0.717) is 19.4 Å². The number of morpholine rings is 1. The summed E-state index contributed by atoms with van der Waals surface area (Å²) >= 11 is 0. The Balaban J connectivity index is 1.44. The van der Waals surface area contributed by atoms with Crippen molar-refractivity contribution in [3.63, 3.8) is 0 Å². The van der Waals surface area contributed by atoms with Crippen LogP contribution in [0, 0.1) is 6.92 Å². The maximum atomic E-state index is 12.3. The van der Waals surface area contributed by atoms with Crippen LogP contribution >= 0.6 is 0 Å². The Hall–Kier alpha value is -1.92. The number of carbonyl (C=O) groups is 2. The molecule has 2 aliphatic rings. The third kappa shape index (κ3) is 5.03. The molecule has 3 rings (SSSR count). The first-order valence-electron chi connectivity index (χ1n) is 9.03. The second kappa shape index (κ2) is 8.45. The second-order valence-corrected chi connectivity index (χ2v) is 6.87. The van der Waals surface area contributed by atoms with Crippen molar-refractivity contribution in [2.45, 2.75) is 25.8 Å². The molecule has 25 heavy (non-hydrogen) atoms. The molecule has 0 radical (unpaired) electrons. The standard InChI is InChI=1S/C19H27N3O3/c1-15-4-2-3-5-16(15)12-18(23)20-17-13-19(24)22(14-17)7-6-21-8-10-25-11-9-21/h2-5,17H,6-14H2,1H3,(H,20,23)/t17-/m1/s1. The van der Waals surface area contributed by atoms with E-state index in [4.69, 9.17) is 4.74 Å². The molecule has 0 aliphatic carbocycles. The van der Waals surface area contributed by atoms with Crippen molar-refractivity contribution in [2.24, 2.45) is 0 Å². The largest absolute Gasteiger partial charge is 0.379 e. The summed E-state index contributed by atoms with van der Waals surface area (Å²) in [4.78, 5) is 28.6. The molecule has 2 amide bonds. The van der Waals surface area contributed by atoms with Gasteiger partial charge in [-0.25, -0.2) is 0 Å². The lowest BCUT2D eigenvalue weighted by atomic mass is 10.1. The number of aryl methyl sites for hydroxylation is 1. The smallest absolute Gasteiger partial charge is 0.224 e. The van der Waals surface area contributed by atoms with Crippen molar-refractivity contribution < 1.29 is 14.3 Å². The molecule has 2 heterocycles. The third-order valence-corrected chi connectivity index (χ3v) is 4.98. The van der Waals surface area contributed by atoms with Gasteiger partial charge in [-0.2, -0.15) is 0 Å². The predicted octanol–water partition coefficient (Wildman–Crippen LogP) is 0.587. The highest BCUT2D eigenvalue weighted by atomic mass is 16.5. The zero-order valence-corrected chi connectivity index (χ0v) is 14.9. The van der Waals surface area contributed by atoms with Crippen LogP contribution in [0.15, 0.2) is 24.3 Å². The van der Waals surface area contributed by atoms with E-state index < -0.39 is 0 Å². The quantitative estimate of drug-likeness (QED) is 0.820. The van der Waals surface area contributed by atoms with Crippen LogP contribution in [0.5, 0.6) is 0 Å². The lowest BCUT2D eigenvalue weighted by molar-refractivity contribution is -0.128. The van der Waals surface area contributed by atoms with Gasteiger partial charge in [-0.05, 0) is 18.1 Å². The van der Waals surface area contributed by atoms with Crippen LogP contribution in [-0.2, 0) is 20.7 Å². The van der Waals surface area contributed by atoms with Crippen LogP contribution < -0.4 is 5.32 Å². The van der Waals surface area contributed by atoms with Gasteiger partial charge in [0, 0.05) is 39.1 Å². The number of amides is 2. The van der Waals surface area contributed by atoms with E-state index in [1.54, 1.807) is 0 Å². The fourth-order valence-corrected chi connectivity index (χ4v) is 3.43. The molecule has 6 heteroatoms. The Bertz CT molecular complexity index is 614. The summed E-state index contributed by atoms with van der Waals surface area (Å²) in [5, 5.41) is 3.02. The van der Waals surface area contributed by atoms with Gasteiger partial charge in [0.25, 0.3) is 0 Å². The van der Waals surface area contributed by atoms with Gasteiger partial charge in [0.15, 0.2) is 0 Å². The van der Waals surface area contributed by atoms with Crippen LogP contribution in [0.3, 0.4) is 0 Å². The van der Waals surface area contributed by atoms with Crippen LogP contribution in [0.2, 0.25) is 0 Å². The van der Waals surface area contributed by atoms with Crippen molar-refractivity contribution >= 4 is 11.8 Å². The fraction of sp³-hybridized carbons (Fsp3) is 0.579. The van der Waals surface area contributed by atoms with Gasteiger partial charge >= 0.3 is 0 Å². The van der Waals surface area contributed by atoms with Crippen molar-refractivity contribution in [1.82, 2.24) is 15.1 Å². The normalized spacial score (nSPS) is 21.6. The molecule has 0 saturated carbocycles. The molecule has 0 spiro atoms. The van der Waals surface area contributed by atoms with Crippen LogP contribution in [0.25, 0.3) is 0 Å². The fourth-order valence-electron chi connectivity index (χ4n) is 3.43. The number of nitrogens with one attached hydrogen (secondary N) is 1. The highest BCUT2D eigenvalue weighted by Crippen LogP contribution is 2.13. The van der Waals surface area contributed by atoms with Crippen molar-refractivity contribution in [2.75, 3.05) is 45.9 Å². The number of rotatable bonds is 6. The summed E-state index contributed by atoms with van der Waals surface area (Å²) < 4.78 is 5.34. The van der Waals surface area contributed by atoms with E-state index in [2.05, 4.69) is 10.2 Å². The lowest BCUT2D eigenvalue weighted by Gasteiger charge is -2.28. The number of carbonyl (C=O) groups excluding carboxylic acids is 2. The molecule has 136 valence electrons. The molecule has 1 aromatic rings. The highest BCUT2D eigenvalue weighted by molar-refractivity contribution is 5.83. The summed E-state index contributed by atoms with van der Waals surface area (Å²) in [6.07, 6.45) is 0.772. The Morgan fingerprint density at radius 1 is 1.24 bits per heavy atom. The van der Waals surface area contributed by atoms with E-state index in [1.807, 2.05) is 36.1 Å². The van der Waals surface area contributed by atoms with Gasteiger partial charge in [-0.15, -0.1) is 0 Å². The summed E-state index contributed by atoms with van der Waals surface area (Å²) in [7, 11) is 0. The van der Waals surface area contributed by atoms with Crippen molar-refractivity contribution in [3.05, 3.63) is 35.4 Å². The van der Waals surface area contributed by atoms with E-state index in [-0.39, 0.29) is 17.9 Å². The molecular weight excluding hydrogens is 318 g/mol. The molecule has 1 atom stereocenters. The highest BCUT2D eigenvalue weighted by Gasteiger charge is 2.30. The maximum absolute atomic E-state index is 12.3. The predicted molar refractivity (Wildman–Crippen MR) is 95.3 cm³/mol. The van der Waals surface area contributed by atoms with E-state index in [0.717, 1.165) is 50.5 Å². The molecule has 1 N–H and O–H groups in total. The summed E-state index contributed by atoms with van der Waals surface area (Å²) in [6, 6.07) is 7.83. The van der Waals surface area contributed by atoms with Gasteiger partial charge in [-0.3, -0.25) is 14.5 Å². The SMILES string of the molecule is Cc1ccccc1CC(=O)N[C@@H]1CC(=O)N(CCN2CCOCC2)C1. The number of benzene rings is 1. The topological polar surface area (TPSA) is 61.9 Å². The van der Waals surface area contributed by atoms with Gasteiger partial charge in [0.1, 0.15) is 0 Å². The summed E-state index contributed by atoms with van der Waals surface area (Å²) in [6.45, 7) is 7.62. The summed E-state index contributed by atoms with van der Waals surface area (Å²) in [5.41, 5.74) is 2.15. The first kappa shape index (κ1) is 17.9. The molecule has 1 aromatic carbocycles. The van der Waals surface area contributed by atoms with Crippen LogP contribution in [0.1, 0.15) is 17.5 Å². The maximum Gasteiger partial charge on any atom is 0.224 e. The number of ether oxygens (including phenoxy) is 1. The first-order valence-corrected chi connectivity index (χ1v) is 9.03. The van der Waals surface area contributed by atoms with Gasteiger partial charge < -0.3 is 15.0 Å². The molecule has 6 nitrogen and oxygen atoms in total. The van der Waals surface area contributed by atoms with E-state index >= 15 is 0 Å². The molecule has 2 aliphatic heterocycles. The van der Waals surface area contributed by atoms with Crippen LogP contribution in [-0.4, -0.2) is 73.6 Å². The van der Waals surface area contributed by atoms with Gasteiger partial charge in [0.05, 0.1) is 25.7 Å². The van der Waals surface area contributed by atoms with Crippen molar-refractivity contribution in [1.29, 1.82) is 0 Å². The zero-order valence-electron chi connectivity index (χ0n) is 14.9. The molecular formula is C19H27N3O3. The Kier molecular flexibility index (Phi) is 6.04. The minimum absolute atomic E-state index is 0.0119.